The van der Waals surface area contributed by atoms with Crippen LogP contribution in [0.2, 0.25) is 0 Å². The predicted octanol–water partition coefficient (Wildman–Crippen LogP) is 4.90. The van der Waals surface area contributed by atoms with Crippen molar-refractivity contribution in [1.82, 2.24) is 4.90 Å². The zero-order chi connectivity index (χ0) is 19.4. The molecule has 1 aliphatic rings. The second-order valence-corrected chi connectivity index (χ2v) is 7.78. The molecule has 3 rings (SSSR count). The Morgan fingerprint density at radius 3 is 2.37 bits per heavy atom. The van der Waals surface area contributed by atoms with Gasteiger partial charge in [-0.25, -0.2) is 0 Å². The number of ether oxygens (including phenoxy) is 2. The number of methoxy groups -OCH3 is 2. The van der Waals surface area contributed by atoms with Gasteiger partial charge >= 0.3 is 0 Å². The molecule has 0 saturated carbocycles. The lowest BCUT2D eigenvalue weighted by Crippen LogP contribution is -2.28. The average Bonchev–Trinajstić information content (AvgIpc) is 2.78. The van der Waals surface area contributed by atoms with Crippen molar-refractivity contribution in [2.75, 3.05) is 20.0 Å². The molecule has 0 N–H and O–H groups in total. The van der Waals surface area contributed by atoms with E-state index in [4.69, 9.17) is 9.47 Å². The van der Waals surface area contributed by atoms with Crippen LogP contribution < -0.4 is 9.47 Å². The highest BCUT2D eigenvalue weighted by atomic mass is 32.2. The van der Waals surface area contributed by atoms with Gasteiger partial charge in [0.05, 0.1) is 20.8 Å². The van der Waals surface area contributed by atoms with Crippen molar-refractivity contribution in [1.29, 1.82) is 0 Å². The molecule has 2 aromatic carbocycles. The van der Waals surface area contributed by atoms with Crippen molar-refractivity contribution in [2.45, 2.75) is 25.6 Å². The summed E-state index contributed by atoms with van der Waals surface area (Å²) in [5.74, 6) is 2.27. The van der Waals surface area contributed by atoms with Crippen LogP contribution in [0.15, 0.2) is 48.7 Å². The second kappa shape index (κ2) is 8.53. The average molecular weight is 384 g/mol. The molecular formula is C22H25NO3S. The lowest BCUT2D eigenvalue weighted by atomic mass is 9.98. The van der Waals surface area contributed by atoms with E-state index in [-0.39, 0.29) is 11.2 Å². The minimum absolute atomic E-state index is 0.0935. The Morgan fingerprint density at radius 1 is 1.07 bits per heavy atom. The van der Waals surface area contributed by atoms with Gasteiger partial charge in [0.1, 0.15) is 5.25 Å². The van der Waals surface area contributed by atoms with Gasteiger partial charge in [-0.3, -0.25) is 4.79 Å². The summed E-state index contributed by atoms with van der Waals surface area (Å²) >= 11 is 1.64. The van der Waals surface area contributed by atoms with Gasteiger partial charge in [0.15, 0.2) is 11.5 Å². The Bertz CT molecular complexity index is 848. The third-order valence-electron chi connectivity index (χ3n) is 4.65. The minimum atomic E-state index is -0.276. The number of fused-ring (bicyclic) bond motifs is 1. The van der Waals surface area contributed by atoms with Crippen molar-refractivity contribution in [3.63, 3.8) is 0 Å². The van der Waals surface area contributed by atoms with Gasteiger partial charge in [0, 0.05) is 6.20 Å². The van der Waals surface area contributed by atoms with Gasteiger partial charge in [0.25, 0.3) is 0 Å². The third-order valence-corrected chi connectivity index (χ3v) is 5.77. The molecule has 0 spiro atoms. The summed E-state index contributed by atoms with van der Waals surface area (Å²) in [5.41, 5.74) is 4.15. The van der Waals surface area contributed by atoms with Gasteiger partial charge in [-0.15, -0.1) is 11.8 Å². The van der Waals surface area contributed by atoms with Crippen LogP contribution in [0.4, 0.5) is 0 Å². The second-order valence-electron chi connectivity index (χ2n) is 6.39. The smallest absolute Gasteiger partial charge is 0.244 e. The lowest BCUT2D eigenvalue weighted by Gasteiger charge is -2.23. The number of amides is 1. The maximum atomic E-state index is 13.4. The van der Waals surface area contributed by atoms with Crippen LogP contribution in [0.5, 0.6) is 11.5 Å². The normalized spacial score (nSPS) is 16.4. The van der Waals surface area contributed by atoms with E-state index < -0.39 is 0 Å². The van der Waals surface area contributed by atoms with Crippen molar-refractivity contribution >= 4 is 23.2 Å². The number of carbonyl (C=O) groups excluding carboxylic acids is 1. The van der Waals surface area contributed by atoms with Crippen molar-refractivity contribution < 1.29 is 14.3 Å². The van der Waals surface area contributed by atoms with E-state index in [1.54, 1.807) is 26.0 Å². The first-order valence-corrected chi connectivity index (χ1v) is 10.0. The number of allylic oxidation sites excluding steroid dienone is 1. The molecule has 0 bridgehead atoms. The van der Waals surface area contributed by atoms with Crippen LogP contribution in [0.3, 0.4) is 0 Å². The van der Waals surface area contributed by atoms with Crippen LogP contribution in [0.25, 0.3) is 5.57 Å². The molecule has 142 valence electrons. The summed E-state index contributed by atoms with van der Waals surface area (Å²) in [6.07, 6.45) is 1.95. The van der Waals surface area contributed by atoms with Crippen LogP contribution in [0.1, 0.15) is 35.8 Å². The van der Waals surface area contributed by atoms with E-state index in [1.165, 1.54) is 0 Å². The van der Waals surface area contributed by atoms with Crippen LogP contribution in [-0.4, -0.2) is 30.8 Å². The lowest BCUT2D eigenvalue weighted by molar-refractivity contribution is -0.128. The number of hydrogen-bond acceptors (Lipinski definition) is 4. The highest BCUT2D eigenvalue weighted by Crippen LogP contribution is 2.43. The first kappa shape index (κ1) is 19.4. The number of nitrogens with zero attached hydrogens (tertiary/aromatic N) is 1. The Labute approximate surface area is 165 Å². The van der Waals surface area contributed by atoms with E-state index in [1.807, 2.05) is 60.5 Å². The van der Waals surface area contributed by atoms with Gasteiger partial charge < -0.3 is 14.4 Å². The van der Waals surface area contributed by atoms with E-state index in [0.717, 1.165) is 28.0 Å². The summed E-state index contributed by atoms with van der Waals surface area (Å²) in [4.78, 5) is 15.2. The molecule has 27 heavy (non-hydrogen) atoms. The summed E-state index contributed by atoms with van der Waals surface area (Å²) in [6, 6.07) is 14.0. The first-order valence-electron chi connectivity index (χ1n) is 8.99. The maximum Gasteiger partial charge on any atom is 0.244 e. The number of carbonyl (C=O) groups is 1. The highest BCUT2D eigenvalue weighted by Gasteiger charge is 2.32. The van der Waals surface area contributed by atoms with Gasteiger partial charge in [-0.05, 0) is 47.1 Å². The molecule has 2 aromatic rings. The molecule has 1 atom stereocenters. The molecule has 0 fully saturated rings. The topological polar surface area (TPSA) is 38.8 Å². The number of benzene rings is 2. The number of hydrogen-bond donors (Lipinski definition) is 0. The fourth-order valence-corrected chi connectivity index (χ4v) is 4.32. The predicted molar refractivity (Wildman–Crippen MR) is 111 cm³/mol. The maximum absolute atomic E-state index is 13.4. The fourth-order valence-electron chi connectivity index (χ4n) is 3.34. The summed E-state index contributed by atoms with van der Waals surface area (Å²) in [5, 5.41) is -0.276. The largest absolute Gasteiger partial charge is 0.493 e. The number of thioether (sulfide) groups is 1. The van der Waals surface area contributed by atoms with Gasteiger partial charge in [-0.1, -0.05) is 37.3 Å². The van der Waals surface area contributed by atoms with Crippen LogP contribution >= 0.6 is 11.8 Å². The Morgan fingerprint density at radius 2 is 1.74 bits per heavy atom. The molecule has 0 saturated heterocycles. The van der Waals surface area contributed by atoms with E-state index in [2.05, 4.69) is 6.92 Å². The molecule has 0 aliphatic carbocycles. The van der Waals surface area contributed by atoms with Crippen molar-refractivity contribution in [2.24, 2.45) is 0 Å². The molecular weight excluding hydrogens is 358 g/mol. The summed E-state index contributed by atoms with van der Waals surface area (Å²) in [7, 11) is 3.25. The van der Waals surface area contributed by atoms with Crippen molar-refractivity contribution in [3.8, 4) is 11.5 Å². The first-order chi connectivity index (χ1) is 13.1. The van der Waals surface area contributed by atoms with Crippen LogP contribution in [-0.2, 0) is 11.3 Å². The molecule has 0 aromatic heterocycles. The monoisotopic (exact) mass is 383 g/mol. The molecule has 0 radical (unpaired) electrons. The fraction of sp³-hybridized carbons (Fsp3) is 0.318. The van der Waals surface area contributed by atoms with Crippen LogP contribution in [0, 0.1) is 0 Å². The standard InChI is InChI=1S/C22H25NO3S/c1-5-27-21-18-12-20(26-4)19(25-3)11-17(18)15(2)13-23(22(21)24)14-16-9-7-6-8-10-16/h6-13,21H,5,14H2,1-4H3. The van der Waals surface area contributed by atoms with Crippen molar-refractivity contribution in [3.05, 3.63) is 65.4 Å². The van der Waals surface area contributed by atoms with E-state index in [0.29, 0.717) is 18.0 Å². The molecule has 5 heteroatoms. The summed E-state index contributed by atoms with van der Waals surface area (Å²) < 4.78 is 11.0. The van der Waals surface area contributed by atoms with E-state index in [9.17, 15) is 4.79 Å². The SMILES string of the molecule is CCSC1C(=O)N(Cc2ccccc2)C=C(C)c2cc(OC)c(OC)cc21. The van der Waals surface area contributed by atoms with Gasteiger partial charge in [-0.2, -0.15) is 0 Å². The quantitative estimate of drug-likeness (QED) is 0.711. The minimum Gasteiger partial charge on any atom is -0.493 e. The van der Waals surface area contributed by atoms with Gasteiger partial charge in [0.2, 0.25) is 5.91 Å². The Balaban J connectivity index is 2.08. The molecule has 1 unspecified atom stereocenters. The number of rotatable bonds is 6. The molecule has 4 nitrogen and oxygen atoms in total. The zero-order valence-electron chi connectivity index (χ0n) is 16.2. The highest BCUT2D eigenvalue weighted by molar-refractivity contribution is 8.00. The molecule has 1 heterocycles. The Kier molecular flexibility index (Phi) is 6.11. The Hall–Kier alpha value is -2.40. The third kappa shape index (κ3) is 3.98. The summed E-state index contributed by atoms with van der Waals surface area (Å²) in [6.45, 7) is 4.67. The zero-order valence-corrected chi connectivity index (χ0v) is 17.0. The molecule has 1 aliphatic heterocycles. The van der Waals surface area contributed by atoms with E-state index >= 15 is 0 Å². The molecule has 1 amide bonds.